The van der Waals surface area contributed by atoms with Gasteiger partial charge in [-0.15, -0.1) is 0 Å². The van der Waals surface area contributed by atoms with E-state index in [4.69, 9.17) is 11.1 Å². The molecule has 39 heavy (non-hydrogen) atoms. The summed E-state index contributed by atoms with van der Waals surface area (Å²) >= 11 is 0. The van der Waals surface area contributed by atoms with Gasteiger partial charge in [-0.3, -0.25) is 15.0 Å². The van der Waals surface area contributed by atoms with Crippen molar-refractivity contribution in [3.8, 4) is 0 Å². The molecule has 0 aromatic heterocycles. The van der Waals surface area contributed by atoms with Gasteiger partial charge in [-0.1, -0.05) is 60.7 Å². The molecule has 0 aliphatic carbocycles. The zero-order valence-electron chi connectivity index (χ0n) is 22.1. The molecule has 2 atom stereocenters. The van der Waals surface area contributed by atoms with Gasteiger partial charge in [-0.2, -0.15) is 0 Å². The normalized spacial score (nSPS) is 19.0. The third-order valence-electron chi connectivity index (χ3n) is 7.46. The third-order valence-corrected chi connectivity index (χ3v) is 8.82. The highest BCUT2D eigenvalue weighted by Crippen LogP contribution is 2.21. The summed E-state index contributed by atoms with van der Waals surface area (Å²) < 4.78 is 28.8. The van der Waals surface area contributed by atoms with Crippen LogP contribution in [0.15, 0.2) is 60.7 Å². The fraction of sp³-hybridized carbons (Fsp3) is 0.464. The monoisotopic (exact) mass is 554 g/mol. The van der Waals surface area contributed by atoms with E-state index in [1.54, 1.807) is 24.3 Å². The van der Waals surface area contributed by atoms with E-state index in [-0.39, 0.29) is 35.9 Å². The van der Waals surface area contributed by atoms with E-state index in [1.807, 2.05) is 41.3 Å². The molecule has 2 heterocycles. The number of sulfonamides is 1. The van der Waals surface area contributed by atoms with Gasteiger partial charge in [0.15, 0.2) is 5.96 Å². The minimum atomic E-state index is -3.83. The Balaban J connectivity index is 1.42. The molecule has 4 rings (SSSR count). The lowest BCUT2D eigenvalue weighted by atomic mass is 9.97. The van der Waals surface area contributed by atoms with Crippen LogP contribution in [-0.4, -0.2) is 74.3 Å². The van der Waals surface area contributed by atoms with Crippen molar-refractivity contribution in [3.63, 3.8) is 0 Å². The fourth-order valence-electron chi connectivity index (χ4n) is 5.33. The Kier molecular flexibility index (Phi) is 9.58. The molecule has 2 aliphatic rings. The fourth-order valence-corrected chi connectivity index (χ4v) is 6.66. The molecule has 210 valence electrons. The molecule has 2 fully saturated rings. The SMILES string of the molecule is N=C(N)N1CCC(CNC(=O)C2CCCN2C(=O)C(Cc2ccccc2)NS(=O)(=O)Cc2ccccc2)CC1. The first-order chi connectivity index (χ1) is 18.7. The Morgan fingerprint density at radius 3 is 2.18 bits per heavy atom. The maximum Gasteiger partial charge on any atom is 0.242 e. The number of nitrogens with two attached hydrogens (primary N) is 1. The molecule has 2 aromatic carbocycles. The number of likely N-dealkylation sites (tertiary alicyclic amines) is 2. The second kappa shape index (κ2) is 13.1. The van der Waals surface area contributed by atoms with Crippen LogP contribution in [0, 0.1) is 11.3 Å². The van der Waals surface area contributed by atoms with Crippen molar-refractivity contribution < 1.29 is 18.0 Å². The van der Waals surface area contributed by atoms with Crippen molar-refractivity contribution in [3.05, 3.63) is 71.8 Å². The highest BCUT2D eigenvalue weighted by atomic mass is 32.2. The van der Waals surface area contributed by atoms with Crippen LogP contribution in [0.4, 0.5) is 0 Å². The number of carbonyl (C=O) groups excluding carboxylic acids is 2. The standard InChI is InChI=1S/C28H38N6O4S/c29-28(30)33-16-13-22(14-17-33)19-31-26(35)25-12-7-15-34(25)27(36)24(18-21-8-3-1-4-9-21)32-39(37,38)20-23-10-5-2-6-11-23/h1-6,8-11,22,24-25,32H,7,12-20H2,(H3,29,30)(H,31,35). The van der Waals surface area contributed by atoms with Crippen molar-refractivity contribution in [1.82, 2.24) is 19.8 Å². The van der Waals surface area contributed by atoms with Gasteiger partial charge in [0.05, 0.1) is 5.75 Å². The molecular weight excluding hydrogens is 516 g/mol. The molecule has 2 unspecified atom stereocenters. The van der Waals surface area contributed by atoms with Gasteiger partial charge < -0.3 is 20.9 Å². The summed E-state index contributed by atoms with van der Waals surface area (Å²) in [4.78, 5) is 30.3. The molecule has 0 saturated carbocycles. The van der Waals surface area contributed by atoms with Crippen LogP contribution in [0.25, 0.3) is 0 Å². The number of nitrogens with one attached hydrogen (secondary N) is 3. The Labute approximate surface area is 230 Å². The van der Waals surface area contributed by atoms with Crippen LogP contribution in [-0.2, 0) is 31.8 Å². The van der Waals surface area contributed by atoms with Crippen LogP contribution in [0.1, 0.15) is 36.8 Å². The first-order valence-corrected chi connectivity index (χ1v) is 15.1. The number of piperidine rings is 1. The summed E-state index contributed by atoms with van der Waals surface area (Å²) in [6, 6.07) is 16.5. The lowest BCUT2D eigenvalue weighted by Crippen LogP contribution is -2.54. The Bertz CT molecular complexity index is 1230. The summed E-state index contributed by atoms with van der Waals surface area (Å²) in [6.07, 6.45) is 3.06. The smallest absolute Gasteiger partial charge is 0.242 e. The van der Waals surface area contributed by atoms with Gasteiger partial charge in [-0.05, 0) is 49.1 Å². The van der Waals surface area contributed by atoms with E-state index >= 15 is 0 Å². The maximum absolute atomic E-state index is 13.8. The van der Waals surface area contributed by atoms with Gasteiger partial charge in [-0.25, -0.2) is 13.1 Å². The van der Waals surface area contributed by atoms with Gasteiger partial charge in [0.2, 0.25) is 21.8 Å². The second-order valence-electron chi connectivity index (χ2n) is 10.4. The lowest BCUT2D eigenvalue weighted by Gasteiger charge is -2.33. The van der Waals surface area contributed by atoms with Gasteiger partial charge >= 0.3 is 0 Å². The molecule has 2 aromatic rings. The van der Waals surface area contributed by atoms with Crippen LogP contribution >= 0.6 is 0 Å². The van der Waals surface area contributed by atoms with Crippen molar-refractivity contribution in [2.45, 2.75) is 49.9 Å². The Morgan fingerprint density at radius 2 is 1.56 bits per heavy atom. The van der Waals surface area contributed by atoms with E-state index < -0.39 is 22.1 Å². The predicted molar refractivity (Wildman–Crippen MR) is 150 cm³/mol. The number of carbonyl (C=O) groups is 2. The van der Waals surface area contributed by atoms with Crippen LogP contribution in [0.3, 0.4) is 0 Å². The minimum absolute atomic E-state index is 0.0713. The zero-order valence-corrected chi connectivity index (χ0v) is 22.9. The largest absolute Gasteiger partial charge is 0.370 e. The highest BCUT2D eigenvalue weighted by Gasteiger charge is 2.38. The number of nitrogens with zero attached hydrogens (tertiary/aromatic N) is 2. The predicted octanol–water partition coefficient (Wildman–Crippen LogP) is 1.43. The zero-order chi connectivity index (χ0) is 27.8. The Hall–Kier alpha value is -3.44. The number of rotatable bonds is 10. The average molecular weight is 555 g/mol. The van der Waals surface area contributed by atoms with E-state index in [0.29, 0.717) is 44.6 Å². The van der Waals surface area contributed by atoms with E-state index in [9.17, 15) is 18.0 Å². The molecule has 0 radical (unpaired) electrons. The van der Waals surface area contributed by atoms with Crippen molar-refractivity contribution in [2.24, 2.45) is 11.7 Å². The molecule has 0 spiro atoms. The molecule has 0 bridgehead atoms. The van der Waals surface area contributed by atoms with Crippen LogP contribution in [0.5, 0.6) is 0 Å². The van der Waals surface area contributed by atoms with Crippen molar-refractivity contribution in [1.29, 1.82) is 5.41 Å². The topological polar surface area (TPSA) is 149 Å². The summed E-state index contributed by atoms with van der Waals surface area (Å²) in [5.74, 6) is -0.477. The molecule has 2 amide bonds. The first kappa shape index (κ1) is 28.6. The maximum atomic E-state index is 13.8. The van der Waals surface area contributed by atoms with E-state index in [2.05, 4.69) is 10.0 Å². The molecule has 5 N–H and O–H groups in total. The average Bonchev–Trinajstić information content (AvgIpc) is 3.42. The summed E-state index contributed by atoms with van der Waals surface area (Å²) in [5, 5.41) is 10.6. The number of benzene rings is 2. The molecular formula is C28H38N6O4S. The van der Waals surface area contributed by atoms with E-state index in [1.165, 1.54) is 4.90 Å². The first-order valence-electron chi connectivity index (χ1n) is 13.5. The van der Waals surface area contributed by atoms with Gasteiger partial charge in [0, 0.05) is 26.2 Å². The van der Waals surface area contributed by atoms with Gasteiger partial charge in [0.1, 0.15) is 12.1 Å². The molecule has 2 aliphatic heterocycles. The van der Waals surface area contributed by atoms with Crippen molar-refractivity contribution in [2.75, 3.05) is 26.2 Å². The van der Waals surface area contributed by atoms with Gasteiger partial charge in [0.25, 0.3) is 0 Å². The lowest BCUT2D eigenvalue weighted by molar-refractivity contribution is -0.139. The second-order valence-corrected chi connectivity index (χ2v) is 12.1. The quantitative estimate of drug-likeness (QED) is 0.258. The number of hydrogen-bond acceptors (Lipinski definition) is 5. The molecule has 11 heteroatoms. The molecule has 10 nitrogen and oxygen atoms in total. The number of guanidine groups is 1. The van der Waals surface area contributed by atoms with Crippen molar-refractivity contribution >= 4 is 27.8 Å². The molecule has 2 saturated heterocycles. The van der Waals surface area contributed by atoms with Crippen LogP contribution < -0.4 is 15.8 Å². The Morgan fingerprint density at radius 1 is 0.949 bits per heavy atom. The minimum Gasteiger partial charge on any atom is -0.370 e. The highest BCUT2D eigenvalue weighted by molar-refractivity contribution is 7.88. The van der Waals surface area contributed by atoms with E-state index in [0.717, 1.165) is 18.4 Å². The number of amides is 2. The summed E-state index contributed by atoms with van der Waals surface area (Å²) in [7, 11) is -3.83. The number of hydrogen-bond donors (Lipinski definition) is 4. The summed E-state index contributed by atoms with van der Waals surface area (Å²) in [5.41, 5.74) is 7.03. The third kappa shape index (κ3) is 8.03. The van der Waals surface area contributed by atoms with Crippen LogP contribution in [0.2, 0.25) is 0 Å². The summed E-state index contributed by atoms with van der Waals surface area (Å²) in [6.45, 7) is 2.28.